The summed E-state index contributed by atoms with van der Waals surface area (Å²) in [5, 5.41) is 0. The summed E-state index contributed by atoms with van der Waals surface area (Å²) < 4.78 is 11.0. The summed E-state index contributed by atoms with van der Waals surface area (Å²) >= 11 is 0. The van der Waals surface area contributed by atoms with Crippen LogP contribution in [0, 0.1) is 13.8 Å². The van der Waals surface area contributed by atoms with E-state index in [1.807, 2.05) is 6.92 Å². The first-order valence-electron chi connectivity index (χ1n) is 6.19. The summed E-state index contributed by atoms with van der Waals surface area (Å²) in [5.41, 5.74) is 9.18. The maximum atomic E-state index is 5.59. The Labute approximate surface area is 104 Å². The zero-order valence-electron chi connectivity index (χ0n) is 11.1. The third kappa shape index (κ3) is 4.36. The molecule has 0 aromatic heterocycles. The van der Waals surface area contributed by atoms with Crippen molar-refractivity contribution in [3.05, 3.63) is 28.8 Å². The topological polar surface area (TPSA) is 44.5 Å². The molecule has 0 radical (unpaired) electrons. The molecule has 1 aromatic carbocycles. The van der Waals surface area contributed by atoms with Crippen molar-refractivity contribution in [2.45, 2.75) is 27.2 Å². The fourth-order valence-electron chi connectivity index (χ4n) is 1.77. The molecule has 0 atom stereocenters. The van der Waals surface area contributed by atoms with Gasteiger partial charge in [0.25, 0.3) is 0 Å². The quantitative estimate of drug-likeness (QED) is 0.740. The summed E-state index contributed by atoms with van der Waals surface area (Å²) in [6.45, 7) is 8.85. The molecule has 0 fully saturated rings. The maximum absolute atomic E-state index is 5.59. The second-order valence-corrected chi connectivity index (χ2v) is 4.13. The molecule has 1 aromatic rings. The molecule has 0 saturated heterocycles. The molecule has 0 aliphatic heterocycles. The minimum Gasteiger partial charge on any atom is -0.492 e. The molecule has 0 spiro atoms. The molecular formula is C14H23NO2. The third-order valence-corrected chi connectivity index (χ3v) is 2.73. The Morgan fingerprint density at radius 3 is 2.53 bits per heavy atom. The Balaban J connectivity index is 2.71. The fraction of sp³-hybridized carbons (Fsp3) is 0.571. The van der Waals surface area contributed by atoms with Crippen molar-refractivity contribution in [1.82, 2.24) is 0 Å². The van der Waals surface area contributed by atoms with Crippen molar-refractivity contribution < 1.29 is 9.47 Å². The maximum Gasteiger partial charge on any atom is 0.122 e. The van der Waals surface area contributed by atoms with Gasteiger partial charge < -0.3 is 15.2 Å². The number of hydrogen-bond donors (Lipinski definition) is 1. The lowest BCUT2D eigenvalue weighted by Gasteiger charge is -2.13. The van der Waals surface area contributed by atoms with Crippen molar-refractivity contribution in [3.63, 3.8) is 0 Å². The van der Waals surface area contributed by atoms with Crippen LogP contribution in [0.1, 0.15) is 23.6 Å². The van der Waals surface area contributed by atoms with Crippen LogP contribution in [0.5, 0.6) is 5.75 Å². The third-order valence-electron chi connectivity index (χ3n) is 2.73. The molecule has 3 heteroatoms. The van der Waals surface area contributed by atoms with Crippen molar-refractivity contribution in [2.24, 2.45) is 5.73 Å². The van der Waals surface area contributed by atoms with Crippen molar-refractivity contribution >= 4 is 0 Å². The molecule has 3 nitrogen and oxygen atoms in total. The summed E-state index contributed by atoms with van der Waals surface area (Å²) in [6.07, 6.45) is 0.956. The van der Waals surface area contributed by atoms with E-state index in [-0.39, 0.29) is 0 Å². The Morgan fingerprint density at radius 2 is 1.88 bits per heavy atom. The van der Waals surface area contributed by atoms with Gasteiger partial charge in [-0.2, -0.15) is 0 Å². The van der Waals surface area contributed by atoms with Gasteiger partial charge in [-0.25, -0.2) is 0 Å². The zero-order valence-corrected chi connectivity index (χ0v) is 11.1. The van der Waals surface area contributed by atoms with Gasteiger partial charge in [0.15, 0.2) is 0 Å². The average Bonchev–Trinajstić information content (AvgIpc) is 2.31. The standard InChI is InChI=1S/C14H23NO2/c1-4-16-7-5-13-9-12(3)14(10-11(13)2)17-8-6-15/h9-10H,4-8,15H2,1-3H3. The van der Waals surface area contributed by atoms with E-state index in [1.165, 1.54) is 11.1 Å². The predicted molar refractivity (Wildman–Crippen MR) is 70.7 cm³/mol. The first-order valence-corrected chi connectivity index (χ1v) is 6.19. The number of rotatable bonds is 7. The van der Waals surface area contributed by atoms with Gasteiger partial charge in [0, 0.05) is 13.2 Å². The smallest absolute Gasteiger partial charge is 0.122 e. The monoisotopic (exact) mass is 237 g/mol. The van der Waals surface area contributed by atoms with E-state index >= 15 is 0 Å². The van der Waals surface area contributed by atoms with Gasteiger partial charge >= 0.3 is 0 Å². The fourth-order valence-corrected chi connectivity index (χ4v) is 1.77. The van der Waals surface area contributed by atoms with Crippen LogP contribution >= 0.6 is 0 Å². The van der Waals surface area contributed by atoms with Gasteiger partial charge in [-0.05, 0) is 49.9 Å². The highest BCUT2D eigenvalue weighted by molar-refractivity contribution is 5.41. The Hall–Kier alpha value is -1.06. The zero-order chi connectivity index (χ0) is 12.7. The second-order valence-electron chi connectivity index (χ2n) is 4.13. The molecule has 1 rings (SSSR count). The van der Waals surface area contributed by atoms with Crippen LogP contribution in [-0.4, -0.2) is 26.4 Å². The number of hydrogen-bond acceptors (Lipinski definition) is 3. The van der Waals surface area contributed by atoms with Crippen LogP contribution in [0.3, 0.4) is 0 Å². The van der Waals surface area contributed by atoms with Crippen LogP contribution < -0.4 is 10.5 Å². The van der Waals surface area contributed by atoms with Crippen molar-refractivity contribution in [3.8, 4) is 5.75 Å². The lowest BCUT2D eigenvalue weighted by molar-refractivity contribution is 0.151. The highest BCUT2D eigenvalue weighted by atomic mass is 16.5. The van der Waals surface area contributed by atoms with Crippen molar-refractivity contribution in [1.29, 1.82) is 0 Å². The molecule has 0 heterocycles. The average molecular weight is 237 g/mol. The van der Waals surface area contributed by atoms with Gasteiger partial charge in [0.1, 0.15) is 12.4 Å². The Bertz CT molecular complexity index is 350. The van der Waals surface area contributed by atoms with Crippen LogP contribution in [0.25, 0.3) is 0 Å². The lowest BCUT2D eigenvalue weighted by atomic mass is 10.0. The predicted octanol–water partition coefficient (Wildman–Crippen LogP) is 2.22. The summed E-state index contributed by atoms with van der Waals surface area (Å²) in [7, 11) is 0. The van der Waals surface area contributed by atoms with E-state index in [2.05, 4.69) is 26.0 Å². The van der Waals surface area contributed by atoms with E-state index in [1.54, 1.807) is 0 Å². The Kier molecular flexibility index (Phi) is 6.01. The number of aryl methyl sites for hydroxylation is 2. The molecule has 0 aliphatic carbocycles. The summed E-state index contributed by atoms with van der Waals surface area (Å²) in [5.74, 6) is 0.938. The van der Waals surface area contributed by atoms with Gasteiger partial charge in [-0.3, -0.25) is 0 Å². The molecule has 96 valence electrons. The first-order chi connectivity index (χ1) is 8.19. The van der Waals surface area contributed by atoms with Crippen LogP contribution in [-0.2, 0) is 11.2 Å². The molecule has 0 amide bonds. The van der Waals surface area contributed by atoms with Gasteiger partial charge in [-0.15, -0.1) is 0 Å². The largest absolute Gasteiger partial charge is 0.492 e. The van der Waals surface area contributed by atoms with Gasteiger partial charge in [-0.1, -0.05) is 6.07 Å². The van der Waals surface area contributed by atoms with Crippen LogP contribution in [0.15, 0.2) is 12.1 Å². The molecule has 0 saturated carbocycles. The summed E-state index contributed by atoms with van der Waals surface area (Å²) in [4.78, 5) is 0. The first kappa shape index (κ1) is 14.0. The number of benzene rings is 1. The SMILES string of the molecule is CCOCCc1cc(C)c(OCCN)cc1C. The Morgan fingerprint density at radius 1 is 1.12 bits per heavy atom. The summed E-state index contributed by atoms with van der Waals surface area (Å²) in [6, 6.07) is 4.27. The molecule has 0 aliphatic rings. The molecule has 2 N–H and O–H groups in total. The van der Waals surface area contributed by atoms with Gasteiger partial charge in [0.05, 0.1) is 6.61 Å². The van der Waals surface area contributed by atoms with E-state index < -0.39 is 0 Å². The number of nitrogens with two attached hydrogens (primary N) is 1. The van der Waals surface area contributed by atoms with E-state index in [0.29, 0.717) is 13.2 Å². The molecular weight excluding hydrogens is 214 g/mol. The number of ether oxygens (including phenoxy) is 2. The molecule has 0 unspecified atom stereocenters. The second kappa shape index (κ2) is 7.30. The molecule has 0 bridgehead atoms. The van der Waals surface area contributed by atoms with E-state index in [9.17, 15) is 0 Å². The minimum atomic E-state index is 0.546. The highest BCUT2D eigenvalue weighted by Crippen LogP contribution is 2.23. The van der Waals surface area contributed by atoms with Crippen molar-refractivity contribution in [2.75, 3.05) is 26.4 Å². The van der Waals surface area contributed by atoms with Crippen LogP contribution in [0.4, 0.5) is 0 Å². The van der Waals surface area contributed by atoms with Crippen LogP contribution in [0.2, 0.25) is 0 Å². The molecule has 17 heavy (non-hydrogen) atoms. The van der Waals surface area contributed by atoms with E-state index in [0.717, 1.165) is 30.9 Å². The highest BCUT2D eigenvalue weighted by Gasteiger charge is 2.05. The lowest BCUT2D eigenvalue weighted by Crippen LogP contribution is -2.11. The normalized spacial score (nSPS) is 10.6. The van der Waals surface area contributed by atoms with Gasteiger partial charge in [0.2, 0.25) is 0 Å². The van der Waals surface area contributed by atoms with E-state index in [4.69, 9.17) is 15.2 Å². The minimum absolute atomic E-state index is 0.546.